The van der Waals surface area contributed by atoms with Crippen LogP contribution in [0.5, 0.6) is 5.75 Å². The maximum atomic E-state index is 5.92. The number of hydrogen-bond acceptors (Lipinski definition) is 3. The van der Waals surface area contributed by atoms with Crippen molar-refractivity contribution in [2.24, 2.45) is 5.73 Å². The van der Waals surface area contributed by atoms with Gasteiger partial charge in [-0.2, -0.15) is 0 Å². The molecule has 2 rings (SSSR count). The Kier molecular flexibility index (Phi) is 2.31. The molecule has 4 nitrogen and oxygen atoms in total. The summed E-state index contributed by atoms with van der Waals surface area (Å²) in [6, 6.07) is 3.69. The van der Waals surface area contributed by atoms with Crippen LogP contribution >= 0.6 is 11.6 Å². The van der Waals surface area contributed by atoms with E-state index < -0.39 is 0 Å². The van der Waals surface area contributed by atoms with Gasteiger partial charge in [0.2, 0.25) is 0 Å². The van der Waals surface area contributed by atoms with Gasteiger partial charge in [-0.25, -0.2) is 4.98 Å². The summed E-state index contributed by atoms with van der Waals surface area (Å²) in [5.41, 5.74) is 6.38. The zero-order valence-corrected chi connectivity index (χ0v) is 8.45. The Morgan fingerprint density at radius 3 is 3.00 bits per heavy atom. The number of imidazole rings is 1. The molecule has 0 bridgehead atoms. The van der Waals surface area contributed by atoms with Crippen LogP contribution in [-0.4, -0.2) is 16.5 Å². The van der Waals surface area contributed by atoms with Crippen LogP contribution in [0.3, 0.4) is 0 Å². The van der Waals surface area contributed by atoms with Gasteiger partial charge in [0, 0.05) is 0 Å². The molecule has 0 spiro atoms. The van der Waals surface area contributed by atoms with Crippen molar-refractivity contribution in [2.75, 3.05) is 7.11 Å². The van der Waals surface area contributed by atoms with E-state index in [4.69, 9.17) is 22.1 Å². The largest absolute Gasteiger partial charge is 0.495 e. The molecular weight excluding hydrogens is 202 g/mol. The molecule has 0 amide bonds. The summed E-state index contributed by atoms with van der Waals surface area (Å²) in [5, 5.41) is 0.466. The van der Waals surface area contributed by atoms with Crippen molar-refractivity contribution >= 4 is 17.1 Å². The molecule has 0 fully saturated rings. The van der Waals surface area contributed by atoms with E-state index in [0.717, 1.165) is 17.1 Å². The maximum Gasteiger partial charge on any atom is 0.155 e. The number of nitrogens with two attached hydrogens (primary N) is 1. The smallest absolute Gasteiger partial charge is 0.155 e. The molecule has 2 N–H and O–H groups in total. The topological polar surface area (TPSA) is 52.5 Å². The number of aromatic nitrogens is 2. The Labute approximate surface area is 86.3 Å². The van der Waals surface area contributed by atoms with Crippen LogP contribution in [0.25, 0.3) is 5.52 Å². The zero-order valence-electron chi connectivity index (χ0n) is 7.70. The molecule has 0 radical (unpaired) electrons. The molecule has 0 aliphatic rings. The molecule has 0 saturated heterocycles. The van der Waals surface area contributed by atoms with Crippen LogP contribution in [0, 0.1) is 0 Å². The normalized spacial score (nSPS) is 10.8. The van der Waals surface area contributed by atoms with E-state index in [1.807, 2.05) is 22.7 Å². The van der Waals surface area contributed by atoms with Crippen molar-refractivity contribution in [3.05, 3.63) is 29.3 Å². The van der Waals surface area contributed by atoms with Gasteiger partial charge in [0.15, 0.2) is 5.15 Å². The predicted molar refractivity (Wildman–Crippen MR) is 54.6 cm³/mol. The highest BCUT2D eigenvalue weighted by Crippen LogP contribution is 2.21. The quantitative estimate of drug-likeness (QED) is 0.818. The summed E-state index contributed by atoms with van der Waals surface area (Å²) in [5.74, 6) is 1.48. The van der Waals surface area contributed by atoms with Crippen molar-refractivity contribution in [1.29, 1.82) is 0 Å². The summed E-state index contributed by atoms with van der Waals surface area (Å²) in [7, 11) is 1.61. The molecule has 0 aromatic carbocycles. The van der Waals surface area contributed by atoms with Crippen molar-refractivity contribution in [1.82, 2.24) is 9.38 Å². The van der Waals surface area contributed by atoms with E-state index in [1.165, 1.54) is 0 Å². The highest BCUT2D eigenvalue weighted by atomic mass is 35.5. The summed E-state index contributed by atoms with van der Waals surface area (Å²) < 4.78 is 6.93. The molecule has 0 atom stereocenters. The molecular formula is C9H10ClN3O. The van der Waals surface area contributed by atoms with Gasteiger partial charge < -0.3 is 10.5 Å². The first-order chi connectivity index (χ1) is 6.76. The summed E-state index contributed by atoms with van der Waals surface area (Å²) in [4.78, 5) is 4.13. The van der Waals surface area contributed by atoms with Crippen LogP contribution in [0.15, 0.2) is 18.3 Å². The standard InChI is InChI=1S/C9H10ClN3O/c1-14-6-2-3-7-9(10)12-8(4-11)13(7)5-6/h2-3,5H,4,11H2,1H3. The van der Waals surface area contributed by atoms with E-state index >= 15 is 0 Å². The van der Waals surface area contributed by atoms with Crippen molar-refractivity contribution in [3.8, 4) is 5.75 Å². The molecule has 0 aliphatic carbocycles. The van der Waals surface area contributed by atoms with Crippen LogP contribution in [0.1, 0.15) is 5.82 Å². The minimum atomic E-state index is 0.348. The highest BCUT2D eigenvalue weighted by molar-refractivity contribution is 6.32. The number of hydrogen-bond donors (Lipinski definition) is 1. The second-order valence-corrected chi connectivity index (χ2v) is 3.21. The van der Waals surface area contributed by atoms with Gasteiger partial charge in [-0.1, -0.05) is 11.6 Å². The average Bonchev–Trinajstić information content (AvgIpc) is 2.55. The zero-order chi connectivity index (χ0) is 10.1. The Morgan fingerprint density at radius 1 is 1.57 bits per heavy atom. The summed E-state index contributed by atoms with van der Waals surface area (Å²) >= 11 is 5.92. The van der Waals surface area contributed by atoms with E-state index in [-0.39, 0.29) is 0 Å². The average molecular weight is 212 g/mol. The van der Waals surface area contributed by atoms with E-state index in [1.54, 1.807) is 7.11 Å². The SMILES string of the molecule is COc1ccc2c(Cl)nc(CN)n2c1. The molecule has 0 unspecified atom stereocenters. The Balaban J connectivity index is 2.71. The summed E-state index contributed by atoms with van der Waals surface area (Å²) in [6.45, 7) is 0.348. The number of methoxy groups -OCH3 is 1. The Hall–Kier alpha value is -1.26. The minimum absolute atomic E-state index is 0.348. The Bertz CT molecular complexity index is 466. The van der Waals surface area contributed by atoms with Crippen LogP contribution in [0.4, 0.5) is 0 Å². The van der Waals surface area contributed by atoms with Gasteiger partial charge in [0.1, 0.15) is 11.6 Å². The van der Waals surface area contributed by atoms with Crippen LogP contribution in [-0.2, 0) is 6.54 Å². The van der Waals surface area contributed by atoms with Crippen molar-refractivity contribution in [3.63, 3.8) is 0 Å². The lowest BCUT2D eigenvalue weighted by Crippen LogP contribution is -2.02. The molecule has 5 heteroatoms. The minimum Gasteiger partial charge on any atom is -0.495 e. The number of nitrogens with zero attached hydrogens (tertiary/aromatic N) is 2. The molecule has 0 aliphatic heterocycles. The number of rotatable bonds is 2. The third-order valence-electron chi connectivity index (χ3n) is 2.06. The van der Waals surface area contributed by atoms with E-state index in [0.29, 0.717) is 11.7 Å². The number of halogens is 1. The number of ether oxygens (including phenoxy) is 1. The third-order valence-corrected chi connectivity index (χ3v) is 2.33. The monoisotopic (exact) mass is 211 g/mol. The van der Waals surface area contributed by atoms with E-state index in [9.17, 15) is 0 Å². The molecule has 2 aromatic heterocycles. The van der Waals surface area contributed by atoms with Crippen molar-refractivity contribution < 1.29 is 4.74 Å². The summed E-state index contributed by atoms with van der Waals surface area (Å²) in [6.07, 6.45) is 1.82. The fourth-order valence-corrected chi connectivity index (χ4v) is 1.60. The first-order valence-electron chi connectivity index (χ1n) is 4.17. The van der Waals surface area contributed by atoms with Crippen LogP contribution in [0.2, 0.25) is 5.15 Å². The van der Waals surface area contributed by atoms with Gasteiger partial charge in [0.05, 0.1) is 25.4 Å². The molecule has 0 saturated carbocycles. The lowest BCUT2D eigenvalue weighted by molar-refractivity contribution is 0.412. The van der Waals surface area contributed by atoms with Crippen molar-refractivity contribution in [2.45, 2.75) is 6.54 Å². The number of fused-ring (bicyclic) bond motifs is 1. The molecule has 74 valence electrons. The first kappa shape index (κ1) is 9.30. The first-order valence-corrected chi connectivity index (χ1v) is 4.54. The third kappa shape index (κ3) is 1.32. The second-order valence-electron chi connectivity index (χ2n) is 2.85. The van der Waals surface area contributed by atoms with Gasteiger partial charge in [0.25, 0.3) is 0 Å². The Morgan fingerprint density at radius 2 is 2.36 bits per heavy atom. The molecule has 2 aromatic rings. The maximum absolute atomic E-state index is 5.92. The predicted octanol–water partition coefficient (Wildman–Crippen LogP) is 1.45. The second kappa shape index (κ2) is 3.48. The van der Waals surface area contributed by atoms with Gasteiger partial charge >= 0.3 is 0 Å². The fraction of sp³-hybridized carbons (Fsp3) is 0.222. The molecule has 2 heterocycles. The fourth-order valence-electron chi connectivity index (χ4n) is 1.35. The lowest BCUT2D eigenvalue weighted by atomic mass is 10.4. The van der Waals surface area contributed by atoms with Gasteiger partial charge in [-0.05, 0) is 12.1 Å². The van der Waals surface area contributed by atoms with Gasteiger partial charge in [-0.3, -0.25) is 4.40 Å². The highest BCUT2D eigenvalue weighted by Gasteiger charge is 2.08. The lowest BCUT2D eigenvalue weighted by Gasteiger charge is -2.02. The van der Waals surface area contributed by atoms with E-state index in [2.05, 4.69) is 4.98 Å². The van der Waals surface area contributed by atoms with Crippen LogP contribution < -0.4 is 10.5 Å². The molecule has 14 heavy (non-hydrogen) atoms. The van der Waals surface area contributed by atoms with Gasteiger partial charge in [-0.15, -0.1) is 0 Å². The number of pyridine rings is 1.